The standard InChI is InChI=1S/C10H9ClN2O/c1-13-9-5-3-2-4-7(9)12-8(6-11)10(13)14/h2-5H,6H2,1H3. The van der Waals surface area contributed by atoms with Crippen molar-refractivity contribution in [3.63, 3.8) is 0 Å². The largest absolute Gasteiger partial charge is 0.308 e. The number of fused-ring (bicyclic) bond motifs is 1. The van der Waals surface area contributed by atoms with Crippen LogP contribution in [0.1, 0.15) is 5.69 Å². The summed E-state index contributed by atoms with van der Waals surface area (Å²) in [6.07, 6.45) is 0. The molecular weight excluding hydrogens is 200 g/mol. The first-order valence-corrected chi connectivity index (χ1v) is 4.78. The number of hydrogen-bond acceptors (Lipinski definition) is 2. The van der Waals surface area contributed by atoms with Crippen LogP contribution in [0.15, 0.2) is 29.1 Å². The summed E-state index contributed by atoms with van der Waals surface area (Å²) in [7, 11) is 1.72. The first kappa shape index (κ1) is 9.21. The topological polar surface area (TPSA) is 34.9 Å². The van der Waals surface area contributed by atoms with E-state index in [1.807, 2.05) is 24.3 Å². The van der Waals surface area contributed by atoms with Crippen LogP contribution in [0.5, 0.6) is 0 Å². The van der Waals surface area contributed by atoms with Crippen molar-refractivity contribution in [1.82, 2.24) is 9.55 Å². The molecule has 2 aromatic rings. The quantitative estimate of drug-likeness (QED) is 0.669. The van der Waals surface area contributed by atoms with Gasteiger partial charge >= 0.3 is 0 Å². The summed E-state index contributed by atoms with van der Waals surface area (Å²) in [6, 6.07) is 7.49. The first-order chi connectivity index (χ1) is 6.74. The Hall–Kier alpha value is -1.35. The molecule has 0 radical (unpaired) electrons. The summed E-state index contributed by atoms with van der Waals surface area (Å²) in [5, 5.41) is 0. The molecule has 2 rings (SSSR count). The van der Waals surface area contributed by atoms with Gasteiger partial charge in [-0.25, -0.2) is 4.98 Å². The van der Waals surface area contributed by atoms with E-state index in [0.29, 0.717) is 5.69 Å². The van der Waals surface area contributed by atoms with Gasteiger partial charge in [0.1, 0.15) is 5.69 Å². The molecular formula is C10H9ClN2O. The lowest BCUT2D eigenvalue weighted by Gasteiger charge is -2.05. The molecule has 0 saturated heterocycles. The summed E-state index contributed by atoms with van der Waals surface area (Å²) < 4.78 is 1.57. The predicted molar refractivity (Wildman–Crippen MR) is 56.5 cm³/mol. The summed E-state index contributed by atoms with van der Waals surface area (Å²) >= 11 is 5.63. The van der Waals surface area contributed by atoms with E-state index >= 15 is 0 Å². The maximum absolute atomic E-state index is 11.6. The number of aryl methyl sites for hydroxylation is 1. The van der Waals surface area contributed by atoms with Crippen molar-refractivity contribution in [2.24, 2.45) is 7.05 Å². The second kappa shape index (κ2) is 3.42. The summed E-state index contributed by atoms with van der Waals surface area (Å²) in [5.41, 5.74) is 1.89. The third-order valence-electron chi connectivity index (χ3n) is 2.18. The zero-order chi connectivity index (χ0) is 10.1. The van der Waals surface area contributed by atoms with Crippen molar-refractivity contribution >= 4 is 22.6 Å². The normalized spacial score (nSPS) is 10.7. The van der Waals surface area contributed by atoms with Crippen LogP contribution in [-0.2, 0) is 12.9 Å². The molecule has 1 aromatic heterocycles. The van der Waals surface area contributed by atoms with Gasteiger partial charge in [-0.1, -0.05) is 12.1 Å². The Bertz CT molecular complexity index is 533. The zero-order valence-electron chi connectivity index (χ0n) is 7.70. The van der Waals surface area contributed by atoms with Gasteiger partial charge < -0.3 is 4.57 Å². The summed E-state index contributed by atoms with van der Waals surface area (Å²) in [6.45, 7) is 0. The highest BCUT2D eigenvalue weighted by Crippen LogP contribution is 2.08. The Morgan fingerprint density at radius 1 is 1.43 bits per heavy atom. The van der Waals surface area contributed by atoms with Crippen LogP contribution in [0.2, 0.25) is 0 Å². The van der Waals surface area contributed by atoms with Crippen molar-refractivity contribution in [2.45, 2.75) is 5.88 Å². The predicted octanol–water partition coefficient (Wildman–Crippen LogP) is 1.67. The monoisotopic (exact) mass is 208 g/mol. The maximum atomic E-state index is 11.6. The minimum Gasteiger partial charge on any atom is -0.308 e. The van der Waals surface area contributed by atoms with Gasteiger partial charge in [-0.15, -0.1) is 11.6 Å². The van der Waals surface area contributed by atoms with Gasteiger partial charge in [0.2, 0.25) is 0 Å². The lowest BCUT2D eigenvalue weighted by atomic mass is 10.3. The Kier molecular flexibility index (Phi) is 2.25. The highest BCUT2D eigenvalue weighted by Gasteiger charge is 2.05. The van der Waals surface area contributed by atoms with Crippen molar-refractivity contribution in [2.75, 3.05) is 0 Å². The Balaban J connectivity index is 2.92. The van der Waals surface area contributed by atoms with E-state index in [9.17, 15) is 4.79 Å². The number of para-hydroxylation sites is 2. The zero-order valence-corrected chi connectivity index (χ0v) is 8.45. The van der Waals surface area contributed by atoms with Gasteiger partial charge in [0.15, 0.2) is 0 Å². The summed E-state index contributed by atoms with van der Waals surface area (Å²) in [4.78, 5) is 15.8. The molecule has 0 saturated carbocycles. The number of benzene rings is 1. The van der Waals surface area contributed by atoms with E-state index < -0.39 is 0 Å². The molecule has 0 aliphatic carbocycles. The van der Waals surface area contributed by atoms with E-state index in [1.54, 1.807) is 11.6 Å². The molecule has 0 bridgehead atoms. The molecule has 1 aromatic carbocycles. The van der Waals surface area contributed by atoms with Gasteiger partial charge in [0, 0.05) is 7.05 Å². The van der Waals surface area contributed by atoms with Crippen LogP contribution in [0.3, 0.4) is 0 Å². The summed E-state index contributed by atoms with van der Waals surface area (Å²) in [5.74, 6) is 0.150. The fraction of sp³-hybridized carbons (Fsp3) is 0.200. The molecule has 0 atom stereocenters. The van der Waals surface area contributed by atoms with Gasteiger partial charge in [-0.05, 0) is 12.1 Å². The molecule has 0 aliphatic heterocycles. The number of aromatic nitrogens is 2. The van der Waals surface area contributed by atoms with Gasteiger partial charge in [0.05, 0.1) is 16.9 Å². The fourth-order valence-corrected chi connectivity index (χ4v) is 1.60. The second-order valence-electron chi connectivity index (χ2n) is 3.05. The van der Waals surface area contributed by atoms with E-state index in [0.717, 1.165) is 11.0 Å². The average Bonchev–Trinajstić information content (AvgIpc) is 2.23. The molecule has 0 spiro atoms. The molecule has 0 unspecified atom stereocenters. The average molecular weight is 209 g/mol. The minimum absolute atomic E-state index is 0.126. The molecule has 14 heavy (non-hydrogen) atoms. The number of nitrogens with zero attached hydrogens (tertiary/aromatic N) is 2. The van der Waals surface area contributed by atoms with Gasteiger partial charge in [-0.2, -0.15) is 0 Å². The Morgan fingerprint density at radius 2 is 2.14 bits per heavy atom. The Labute approximate surface area is 86.0 Å². The smallest absolute Gasteiger partial charge is 0.273 e. The molecule has 1 heterocycles. The second-order valence-corrected chi connectivity index (χ2v) is 3.31. The third kappa shape index (κ3) is 1.30. The SMILES string of the molecule is Cn1c(=O)c(CCl)nc2ccccc21. The van der Waals surface area contributed by atoms with Crippen LogP contribution in [0.25, 0.3) is 11.0 Å². The van der Waals surface area contributed by atoms with Crippen molar-refractivity contribution < 1.29 is 0 Å². The lowest BCUT2D eigenvalue weighted by molar-refractivity contribution is 0.867. The first-order valence-electron chi connectivity index (χ1n) is 4.24. The van der Waals surface area contributed by atoms with E-state index in [-0.39, 0.29) is 11.4 Å². The van der Waals surface area contributed by atoms with Gasteiger partial charge in [-0.3, -0.25) is 4.79 Å². The van der Waals surface area contributed by atoms with E-state index in [1.165, 1.54) is 0 Å². The fourth-order valence-electron chi connectivity index (χ4n) is 1.43. The highest BCUT2D eigenvalue weighted by atomic mass is 35.5. The van der Waals surface area contributed by atoms with E-state index in [4.69, 9.17) is 11.6 Å². The van der Waals surface area contributed by atoms with E-state index in [2.05, 4.69) is 4.98 Å². The van der Waals surface area contributed by atoms with Gasteiger partial charge in [0.25, 0.3) is 5.56 Å². The number of rotatable bonds is 1. The molecule has 0 amide bonds. The van der Waals surface area contributed by atoms with Crippen molar-refractivity contribution in [3.8, 4) is 0 Å². The third-order valence-corrected chi connectivity index (χ3v) is 2.43. The number of halogens is 1. The molecule has 72 valence electrons. The number of alkyl halides is 1. The van der Waals surface area contributed by atoms with Crippen LogP contribution < -0.4 is 5.56 Å². The number of hydrogen-bond donors (Lipinski definition) is 0. The lowest BCUT2D eigenvalue weighted by Crippen LogP contribution is -2.22. The van der Waals surface area contributed by atoms with Crippen LogP contribution in [-0.4, -0.2) is 9.55 Å². The maximum Gasteiger partial charge on any atom is 0.273 e. The van der Waals surface area contributed by atoms with Crippen LogP contribution in [0, 0.1) is 0 Å². The molecule has 0 aliphatic rings. The molecule has 4 heteroatoms. The molecule has 3 nitrogen and oxygen atoms in total. The molecule has 0 fully saturated rings. The van der Waals surface area contributed by atoms with Crippen molar-refractivity contribution in [3.05, 3.63) is 40.3 Å². The van der Waals surface area contributed by atoms with Crippen LogP contribution in [0.4, 0.5) is 0 Å². The highest BCUT2D eigenvalue weighted by molar-refractivity contribution is 6.16. The molecule has 0 N–H and O–H groups in total. The minimum atomic E-state index is -0.126. The van der Waals surface area contributed by atoms with Crippen LogP contribution >= 0.6 is 11.6 Å². The Morgan fingerprint density at radius 3 is 2.86 bits per heavy atom. The van der Waals surface area contributed by atoms with Crippen molar-refractivity contribution in [1.29, 1.82) is 0 Å².